The number of hydrogen-bond acceptors (Lipinski definition) is 4. The number of aromatic nitrogens is 2. The zero-order valence-electron chi connectivity index (χ0n) is 13.5. The van der Waals surface area contributed by atoms with Gasteiger partial charge in [0.25, 0.3) is 5.91 Å². The molecule has 0 aliphatic heterocycles. The summed E-state index contributed by atoms with van der Waals surface area (Å²) in [6, 6.07) is 4.25. The molecule has 2 rings (SSSR count). The number of anilines is 2. The van der Waals surface area contributed by atoms with E-state index in [0.717, 1.165) is 24.5 Å². The molecule has 5 nitrogen and oxygen atoms in total. The Morgan fingerprint density at radius 2 is 1.96 bits per heavy atom. The molecule has 1 aromatic heterocycles. The molecule has 0 aliphatic carbocycles. The highest BCUT2D eigenvalue weighted by Crippen LogP contribution is 2.34. The zero-order chi connectivity index (χ0) is 18.6. The smallest absolute Gasteiger partial charge is 0.350 e. The van der Waals surface area contributed by atoms with Crippen molar-refractivity contribution in [2.45, 2.75) is 20.0 Å². The summed E-state index contributed by atoms with van der Waals surface area (Å²) in [4.78, 5) is 19.8. The molecule has 0 saturated carbocycles. The monoisotopic (exact) mass is 372 g/mol. The summed E-state index contributed by atoms with van der Waals surface area (Å²) in [6.07, 6.45) is -3.34. The minimum atomic E-state index is -4.49. The summed E-state index contributed by atoms with van der Waals surface area (Å²) in [5.74, 6) is 0.0347. The SMILES string of the molecule is CC(C)CNC(=O)c1cc(Nc2cc(C(F)(F)F)ccc2Cl)ncn1. The fraction of sp³-hybridized carbons (Fsp3) is 0.312. The fourth-order valence-electron chi connectivity index (χ4n) is 1.87. The Balaban J connectivity index is 2.21. The molecule has 0 bridgehead atoms. The van der Waals surface area contributed by atoms with E-state index in [1.807, 2.05) is 13.8 Å². The average Bonchev–Trinajstić information content (AvgIpc) is 2.54. The molecule has 0 atom stereocenters. The number of halogens is 4. The van der Waals surface area contributed by atoms with E-state index in [4.69, 9.17) is 11.6 Å². The Labute approximate surface area is 147 Å². The highest BCUT2D eigenvalue weighted by Gasteiger charge is 2.31. The van der Waals surface area contributed by atoms with Crippen molar-refractivity contribution >= 4 is 29.0 Å². The topological polar surface area (TPSA) is 66.9 Å². The van der Waals surface area contributed by atoms with Crippen molar-refractivity contribution in [3.8, 4) is 0 Å². The van der Waals surface area contributed by atoms with Gasteiger partial charge in [-0.2, -0.15) is 13.2 Å². The number of alkyl halides is 3. The van der Waals surface area contributed by atoms with Gasteiger partial charge >= 0.3 is 6.18 Å². The van der Waals surface area contributed by atoms with Crippen molar-refractivity contribution in [3.05, 3.63) is 46.9 Å². The molecule has 0 unspecified atom stereocenters. The second-order valence-corrected chi connectivity index (χ2v) is 6.12. The van der Waals surface area contributed by atoms with E-state index in [2.05, 4.69) is 20.6 Å². The lowest BCUT2D eigenvalue weighted by Crippen LogP contribution is -2.28. The van der Waals surface area contributed by atoms with E-state index in [1.54, 1.807) is 0 Å². The first-order valence-corrected chi connectivity index (χ1v) is 7.78. The third-order valence-corrected chi connectivity index (χ3v) is 3.46. The normalized spacial score (nSPS) is 11.5. The van der Waals surface area contributed by atoms with Gasteiger partial charge in [0.15, 0.2) is 0 Å². The number of nitrogens with zero attached hydrogens (tertiary/aromatic N) is 2. The maximum absolute atomic E-state index is 12.8. The van der Waals surface area contributed by atoms with Crippen LogP contribution in [0.15, 0.2) is 30.6 Å². The first kappa shape index (κ1) is 19.0. The average molecular weight is 373 g/mol. The van der Waals surface area contributed by atoms with Crippen LogP contribution in [-0.2, 0) is 6.18 Å². The predicted octanol–water partition coefficient (Wildman–Crippen LogP) is 4.28. The third-order valence-electron chi connectivity index (χ3n) is 3.13. The Bertz CT molecular complexity index is 765. The van der Waals surface area contributed by atoms with Crippen molar-refractivity contribution < 1.29 is 18.0 Å². The van der Waals surface area contributed by atoms with Crippen molar-refractivity contribution in [1.29, 1.82) is 0 Å². The minimum Gasteiger partial charge on any atom is -0.350 e. The molecule has 0 radical (unpaired) electrons. The molecule has 1 heterocycles. The summed E-state index contributed by atoms with van der Waals surface area (Å²) in [5, 5.41) is 5.47. The van der Waals surface area contributed by atoms with Crippen molar-refractivity contribution in [3.63, 3.8) is 0 Å². The van der Waals surface area contributed by atoms with Crippen LogP contribution >= 0.6 is 11.6 Å². The van der Waals surface area contributed by atoms with Gasteiger partial charge in [-0.1, -0.05) is 25.4 Å². The van der Waals surface area contributed by atoms with Gasteiger partial charge in [-0.15, -0.1) is 0 Å². The van der Waals surface area contributed by atoms with Crippen LogP contribution in [0.3, 0.4) is 0 Å². The first-order chi connectivity index (χ1) is 11.7. The lowest BCUT2D eigenvalue weighted by atomic mass is 10.2. The highest BCUT2D eigenvalue weighted by atomic mass is 35.5. The van der Waals surface area contributed by atoms with Crippen LogP contribution in [0.2, 0.25) is 5.02 Å². The maximum Gasteiger partial charge on any atom is 0.416 e. The molecule has 2 N–H and O–H groups in total. The Morgan fingerprint density at radius 3 is 2.60 bits per heavy atom. The van der Waals surface area contributed by atoms with Gasteiger partial charge in [0.2, 0.25) is 0 Å². The first-order valence-electron chi connectivity index (χ1n) is 7.41. The largest absolute Gasteiger partial charge is 0.416 e. The molecule has 0 aliphatic rings. The Kier molecular flexibility index (Phi) is 5.84. The summed E-state index contributed by atoms with van der Waals surface area (Å²) in [6.45, 7) is 4.37. The molecular formula is C16H16ClF3N4O. The zero-order valence-corrected chi connectivity index (χ0v) is 14.2. The van der Waals surface area contributed by atoms with E-state index in [-0.39, 0.29) is 28.1 Å². The van der Waals surface area contributed by atoms with Gasteiger partial charge in [-0.05, 0) is 24.1 Å². The van der Waals surface area contributed by atoms with Crippen molar-refractivity contribution in [2.75, 3.05) is 11.9 Å². The van der Waals surface area contributed by atoms with E-state index in [9.17, 15) is 18.0 Å². The predicted molar refractivity (Wildman–Crippen MR) is 88.9 cm³/mol. The Morgan fingerprint density at radius 1 is 1.24 bits per heavy atom. The van der Waals surface area contributed by atoms with E-state index in [0.29, 0.717) is 6.54 Å². The number of amides is 1. The number of carbonyl (C=O) groups is 1. The second kappa shape index (κ2) is 7.69. The van der Waals surface area contributed by atoms with Crippen LogP contribution in [0.4, 0.5) is 24.7 Å². The van der Waals surface area contributed by atoms with E-state index in [1.165, 1.54) is 6.07 Å². The van der Waals surface area contributed by atoms with Crippen LogP contribution in [0.5, 0.6) is 0 Å². The number of carbonyl (C=O) groups excluding carboxylic acids is 1. The molecule has 2 aromatic rings. The van der Waals surface area contributed by atoms with Gasteiger partial charge in [-0.25, -0.2) is 9.97 Å². The molecule has 25 heavy (non-hydrogen) atoms. The maximum atomic E-state index is 12.8. The van der Waals surface area contributed by atoms with Gasteiger partial charge < -0.3 is 10.6 Å². The third kappa shape index (κ3) is 5.32. The molecule has 0 fully saturated rings. The number of nitrogens with one attached hydrogen (secondary N) is 2. The Hall–Kier alpha value is -2.35. The summed E-state index contributed by atoms with van der Waals surface area (Å²) >= 11 is 5.93. The number of rotatable bonds is 5. The minimum absolute atomic E-state index is 0.0312. The van der Waals surface area contributed by atoms with Crippen molar-refractivity contribution in [1.82, 2.24) is 15.3 Å². The standard InChI is InChI=1S/C16H16ClF3N4O/c1-9(2)7-21-15(25)13-6-14(23-8-22-13)24-12-5-10(16(18,19)20)3-4-11(12)17/h3-6,8-9H,7H2,1-2H3,(H,21,25)(H,22,23,24). The number of benzene rings is 1. The molecule has 9 heteroatoms. The second-order valence-electron chi connectivity index (χ2n) is 5.71. The molecule has 134 valence electrons. The van der Waals surface area contributed by atoms with E-state index < -0.39 is 17.6 Å². The lowest BCUT2D eigenvalue weighted by Gasteiger charge is -2.12. The van der Waals surface area contributed by atoms with Gasteiger partial charge in [0.1, 0.15) is 17.8 Å². The van der Waals surface area contributed by atoms with Gasteiger partial charge in [-0.3, -0.25) is 4.79 Å². The number of hydrogen-bond donors (Lipinski definition) is 2. The van der Waals surface area contributed by atoms with Crippen LogP contribution < -0.4 is 10.6 Å². The summed E-state index contributed by atoms with van der Waals surface area (Å²) < 4.78 is 38.4. The molecular weight excluding hydrogens is 357 g/mol. The molecule has 1 amide bonds. The molecule has 0 spiro atoms. The highest BCUT2D eigenvalue weighted by molar-refractivity contribution is 6.33. The fourth-order valence-corrected chi connectivity index (χ4v) is 2.04. The van der Waals surface area contributed by atoms with E-state index >= 15 is 0 Å². The molecule has 1 aromatic carbocycles. The summed E-state index contributed by atoms with van der Waals surface area (Å²) in [7, 11) is 0. The van der Waals surface area contributed by atoms with Gasteiger partial charge in [0, 0.05) is 12.6 Å². The van der Waals surface area contributed by atoms with Crippen molar-refractivity contribution in [2.24, 2.45) is 5.92 Å². The van der Waals surface area contributed by atoms with Gasteiger partial charge in [0.05, 0.1) is 16.3 Å². The van der Waals surface area contributed by atoms with Crippen LogP contribution in [0.25, 0.3) is 0 Å². The lowest BCUT2D eigenvalue weighted by molar-refractivity contribution is -0.137. The summed E-state index contributed by atoms with van der Waals surface area (Å²) in [5.41, 5.74) is -0.715. The van der Waals surface area contributed by atoms with Crippen LogP contribution in [0, 0.1) is 5.92 Å². The van der Waals surface area contributed by atoms with Crippen LogP contribution in [-0.4, -0.2) is 22.4 Å². The molecule has 0 saturated heterocycles. The van der Waals surface area contributed by atoms with Crippen LogP contribution in [0.1, 0.15) is 29.9 Å². The quantitative estimate of drug-likeness (QED) is 0.822.